The zero-order chi connectivity index (χ0) is 13.8. The molecule has 1 aromatic carbocycles. The smallest absolute Gasteiger partial charge is 0.255 e. The molecule has 1 aromatic rings. The summed E-state index contributed by atoms with van der Waals surface area (Å²) < 4.78 is 21.3. The first-order valence-corrected chi connectivity index (χ1v) is 6.82. The highest BCUT2D eigenvalue weighted by atomic mass is 32.2. The Balaban J connectivity index is 2.51. The lowest BCUT2D eigenvalue weighted by molar-refractivity contribution is 0.0951. The molecule has 0 saturated heterocycles. The van der Waals surface area contributed by atoms with Gasteiger partial charge in [0.15, 0.2) is 0 Å². The van der Waals surface area contributed by atoms with Crippen molar-refractivity contribution in [3.8, 4) is 11.5 Å². The molecule has 5 N–H and O–H groups in total. The van der Waals surface area contributed by atoms with Crippen molar-refractivity contribution < 1.29 is 23.4 Å². The summed E-state index contributed by atoms with van der Waals surface area (Å²) in [4.78, 5) is 11.6. The lowest BCUT2D eigenvalue weighted by atomic mass is 10.2. The van der Waals surface area contributed by atoms with Crippen molar-refractivity contribution in [3.05, 3.63) is 23.8 Å². The van der Waals surface area contributed by atoms with Gasteiger partial charge in [-0.2, -0.15) is 0 Å². The molecule has 1 amide bonds. The van der Waals surface area contributed by atoms with Gasteiger partial charge >= 0.3 is 0 Å². The van der Waals surface area contributed by atoms with Crippen LogP contribution in [0.25, 0.3) is 0 Å². The molecule has 7 nitrogen and oxygen atoms in total. The van der Waals surface area contributed by atoms with Gasteiger partial charge < -0.3 is 15.5 Å². The number of aromatic hydroxyl groups is 2. The van der Waals surface area contributed by atoms with Gasteiger partial charge in [0.2, 0.25) is 10.0 Å². The first-order chi connectivity index (χ1) is 8.29. The maximum atomic E-state index is 11.6. The monoisotopic (exact) mass is 274 g/mol. The number of benzene rings is 1. The summed E-state index contributed by atoms with van der Waals surface area (Å²) in [6, 6.07) is 3.57. The first kappa shape index (κ1) is 14.3. The normalized spacial score (nSPS) is 11.2. The molecule has 0 radical (unpaired) electrons. The van der Waals surface area contributed by atoms with Crippen LogP contribution in [-0.2, 0) is 10.0 Å². The molecule has 0 fully saturated rings. The second kappa shape index (κ2) is 5.69. The lowest BCUT2D eigenvalue weighted by Crippen LogP contribution is -2.27. The van der Waals surface area contributed by atoms with E-state index in [2.05, 4.69) is 5.32 Å². The van der Waals surface area contributed by atoms with Crippen LogP contribution in [0.1, 0.15) is 16.8 Å². The summed E-state index contributed by atoms with van der Waals surface area (Å²) >= 11 is 0. The molecule has 0 aliphatic rings. The Labute approximate surface area is 104 Å². The SMILES string of the molecule is NS(=O)(=O)CCCNC(=O)c1ccc(O)cc1O. The molecular weight excluding hydrogens is 260 g/mol. The van der Waals surface area contributed by atoms with Crippen LogP contribution in [0.5, 0.6) is 11.5 Å². The Morgan fingerprint density at radius 1 is 1.33 bits per heavy atom. The van der Waals surface area contributed by atoms with E-state index in [1.807, 2.05) is 0 Å². The number of primary sulfonamides is 1. The van der Waals surface area contributed by atoms with Gasteiger partial charge in [-0.1, -0.05) is 0 Å². The number of rotatable bonds is 5. The minimum atomic E-state index is -3.53. The Hall–Kier alpha value is -1.80. The largest absolute Gasteiger partial charge is 0.508 e. The molecule has 0 heterocycles. The molecule has 0 aliphatic heterocycles. The molecule has 18 heavy (non-hydrogen) atoms. The van der Waals surface area contributed by atoms with Gasteiger partial charge in [-0.25, -0.2) is 13.6 Å². The molecule has 0 spiro atoms. The minimum absolute atomic E-state index is 0.00315. The quantitative estimate of drug-likeness (QED) is 0.538. The van der Waals surface area contributed by atoms with Crippen molar-refractivity contribution in [3.63, 3.8) is 0 Å². The number of nitrogens with one attached hydrogen (secondary N) is 1. The predicted molar refractivity (Wildman–Crippen MR) is 64.7 cm³/mol. The van der Waals surface area contributed by atoms with Crippen molar-refractivity contribution in [2.45, 2.75) is 6.42 Å². The van der Waals surface area contributed by atoms with Gasteiger partial charge in [-0.05, 0) is 18.6 Å². The van der Waals surface area contributed by atoms with E-state index in [-0.39, 0.29) is 35.8 Å². The topological polar surface area (TPSA) is 130 Å². The Morgan fingerprint density at radius 3 is 2.56 bits per heavy atom. The third-order valence-electron chi connectivity index (χ3n) is 2.12. The van der Waals surface area contributed by atoms with Crippen molar-refractivity contribution in [2.75, 3.05) is 12.3 Å². The summed E-state index contributed by atoms with van der Waals surface area (Å²) in [5.41, 5.74) is 0.00315. The van der Waals surface area contributed by atoms with Gasteiger partial charge in [0, 0.05) is 12.6 Å². The highest BCUT2D eigenvalue weighted by Gasteiger charge is 2.11. The fourth-order valence-corrected chi connectivity index (χ4v) is 1.83. The van der Waals surface area contributed by atoms with Crippen LogP contribution in [-0.4, -0.2) is 36.8 Å². The van der Waals surface area contributed by atoms with Crippen molar-refractivity contribution >= 4 is 15.9 Å². The van der Waals surface area contributed by atoms with E-state index in [9.17, 15) is 18.3 Å². The molecule has 0 aliphatic carbocycles. The highest BCUT2D eigenvalue weighted by Crippen LogP contribution is 2.22. The van der Waals surface area contributed by atoms with Crippen LogP contribution in [0.15, 0.2) is 18.2 Å². The van der Waals surface area contributed by atoms with E-state index in [0.717, 1.165) is 6.07 Å². The summed E-state index contributed by atoms with van der Waals surface area (Å²) in [6.45, 7) is 0.121. The molecule has 0 bridgehead atoms. The average Bonchev–Trinajstić information content (AvgIpc) is 2.22. The number of phenolic OH excluding ortho intramolecular Hbond substituents is 2. The average molecular weight is 274 g/mol. The Bertz CT molecular complexity index is 541. The number of sulfonamides is 1. The zero-order valence-corrected chi connectivity index (χ0v) is 10.3. The zero-order valence-electron chi connectivity index (χ0n) is 9.46. The van der Waals surface area contributed by atoms with E-state index in [1.54, 1.807) is 0 Å². The third-order valence-corrected chi connectivity index (χ3v) is 2.97. The number of carbonyl (C=O) groups excluding carboxylic acids is 1. The van der Waals surface area contributed by atoms with Gasteiger partial charge in [-0.15, -0.1) is 0 Å². The number of phenols is 2. The number of amides is 1. The van der Waals surface area contributed by atoms with E-state index >= 15 is 0 Å². The highest BCUT2D eigenvalue weighted by molar-refractivity contribution is 7.89. The molecule has 1 rings (SSSR count). The second-order valence-electron chi connectivity index (χ2n) is 3.68. The molecule has 0 unspecified atom stereocenters. The number of carbonyl (C=O) groups is 1. The van der Waals surface area contributed by atoms with E-state index in [4.69, 9.17) is 10.2 Å². The lowest BCUT2D eigenvalue weighted by Gasteiger charge is -2.06. The first-order valence-electron chi connectivity index (χ1n) is 5.10. The van der Waals surface area contributed by atoms with Crippen LogP contribution in [0.4, 0.5) is 0 Å². The van der Waals surface area contributed by atoms with Crippen molar-refractivity contribution in [1.29, 1.82) is 0 Å². The summed E-state index contributed by atoms with van der Waals surface area (Å²) in [5.74, 6) is -1.28. The Kier molecular flexibility index (Phi) is 4.51. The molecule has 100 valence electrons. The van der Waals surface area contributed by atoms with Crippen molar-refractivity contribution in [2.24, 2.45) is 5.14 Å². The number of hydrogen-bond acceptors (Lipinski definition) is 5. The van der Waals surface area contributed by atoms with Crippen LogP contribution in [0.3, 0.4) is 0 Å². The molecule has 0 atom stereocenters. The van der Waals surface area contributed by atoms with E-state index in [1.165, 1.54) is 12.1 Å². The van der Waals surface area contributed by atoms with Crippen LogP contribution < -0.4 is 10.5 Å². The van der Waals surface area contributed by atoms with Crippen LogP contribution in [0.2, 0.25) is 0 Å². The fourth-order valence-electron chi connectivity index (χ4n) is 1.28. The summed E-state index contributed by atoms with van der Waals surface area (Å²) in [5, 5.41) is 25.7. The molecule has 8 heteroatoms. The standard InChI is InChI=1S/C10H14N2O5S/c11-18(16,17)5-1-4-12-10(15)8-3-2-7(13)6-9(8)14/h2-3,6,13-14H,1,4-5H2,(H,12,15)(H2,11,16,17). The summed E-state index contributed by atoms with van der Waals surface area (Å²) in [7, 11) is -3.53. The van der Waals surface area contributed by atoms with Crippen molar-refractivity contribution in [1.82, 2.24) is 5.32 Å². The van der Waals surface area contributed by atoms with Gasteiger partial charge in [0.1, 0.15) is 11.5 Å². The Morgan fingerprint density at radius 2 is 2.00 bits per heavy atom. The summed E-state index contributed by atoms with van der Waals surface area (Å²) in [6.07, 6.45) is 0.184. The molecule has 0 aromatic heterocycles. The fraction of sp³-hybridized carbons (Fsp3) is 0.300. The number of nitrogens with two attached hydrogens (primary N) is 1. The van der Waals surface area contributed by atoms with Gasteiger partial charge in [0.25, 0.3) is 5.91 Å². The second-order valence-corrected chi connectivity index (χ2v) is 5.41. The van der Waals surface area contributed by atoms with Crippen LogP contribution in [0, 0.1) is 0 Å². The number of hydrogen-bond donors (Lipinski definition) is 4. The predicted octanol–water partition coefficient (Wildman–Crippen LogP) is -0.494. The van der Waals surface area contributed by atoms with Crippen LogP contribution >= 0.6 is 0 Å². The minimum Gasteiger partial charge on any atom is -0.508 e. The van der Waals surface area contributed by atoms with E-state index in [0.29, 0.717) is 0 Å². The van der Waals surface area contributed by atoms with Gasteiger partial charge in [0.05, 0.1) is 11.3 Å². The molecule has 0 saturated carbocycles. The maximum Gasteiger partial charge on any atom is 0.255 e. The maximum absolute atomic E-state index is 11.6. The third kappa shape index (κ3) is 4.60. The van der Waals surface area contributed by atoms with Gasteiger partial charge in [-0.3, -0.25) is 4.79 Å². The molecular formula is C10H14N2O5S. The van der Waals surface area contributed by atoms with E-state index < -0.39 is 15.9 Å².